The Morgan fingerprint density at radius 2 is 1.67 bits per heavy atom. The number of carbonyl (C=O) groups is 2. The summed E-state index contributed by atoms with van der Waals surface area (Å²) >= 11 is 0. The van der Waals surface area contributed by atoms with Gasteiger partial charge in [-0.2, -0.15) is 18.2 Å². The maximum Gasteiger partial charge on any atom is 0.421 e. The van der Waals surface area contributed by atoms with Gasteiger partial charge in [0.25, 0.3) is 5.91 Å². The zero-order chi connectivity index (χ0) is 30.2. The SMILES string of the molecule is CC(C)N1CCN(c2ccc(Nc3ncc(C(F)(F)F)c(Nc4cccc5c4C(=O)NC(C)(C)C(=O)N5)n3)cc2)CC1. The molecule has 1 saturated heterocycles. The van der Waals surface area contributed by atoms with Gasteiger partial charge in [0, 0.05) is 49.8 Å². The van der Waals surface area contributed by atoms with Crippen molar-refractivity contribution in [1.29, 1.82) is 0 Å². The van der Waals surface area contributed by atoms with Gasteiger partial charge in [0.05, 0.1) is 16.9 Å². The molecule has 0 spiro atoms. The molecule has 0 bridgehead atoms. The van der Waals surface area contributed by atoms with Gasteiger partial charge in [-0.05, 0) is 64.1 Å². The number of halogens is 3. The molecule has 0 atom stereocenters. The van der Waals surface area contributed by atoms with E-state index in [-0.39, 0.29) is 22.9 Å². The van der Waals surface area contributed by atoms with Gasteiger partial charge < -0.3 is 26.2 Å². The molecule has 0 unspecified atom stereocenters. The quantitative estimate of drug-likeness (QED) is 0.322. The topological polar surface area (TPSA) is 115 Å². The first-order valence-electron chi connectivity index (χ1n) is 13.7. The van der Waals surface area contributed by atoms with Gasteiger partial charge in [0.1, 0.15) is 16.9 Å². The molecule has 42 heavy (non-hydrogen) atoms. The molecule has 13 heteroatoms. The van der Waals surface area contributed by atoms with Crippen molar-refractivity contribution in [2.75, 3.05) is 47.0 Å². The highest BCUT2D eigenvalue weighted by molar-refractivity contribution is 6.14. The lowest BCUT2D eigenvalue weighted by Crippen LogP contribution is -2.50. The van der Waals surface area contributed by atoms with Crippen LogP contribution in [0.4, 0.5) is 47.7 Å². The average Bonchev–Trinajstić information content (AvgIpc) is 3.01. The van der Waals surface area contributed by atoms with Crippen LogP contribution in [0.15, 0.2) is 48.7 Å². The normalized spacial score (nSPS) is 17.3. The number of nitrogens with zero attached hydrogens (tertiary/aromatic N) is 4. The van der Waals surface area contributed by atoms with E-state index in [9.17, 15) is 22.8 Å². The average molecular weight is 583 g/mol. The number of benzene rings is 2. The Morgan fingerprint density at radius 3 is 2.31 bits per heavy atom. The van der Waals surface area contributed by atoms with Crippen LogP contribution >= 0.6 is 0 Å². The van der Waals surface area contributed by atoms with E-state index in [4.69, 9.17) is 0 Å². The first kappa shape index (κ1) is 29.1. The fraction of sp³-hybridized carbons (Fsp3) is 0.379. The van der Waals surface area contributed by atoms with Crippen molar-refractivity contribution < 1.29 is 22.8 Å². The number of amides is 2. The lowest BCUT2D eigenvalue weighted by Gasteiger charge is -2.38. The molecule has 1 fully saturated rings. The number of nitrogens with one attached hydrogen (secondary N) is 4. The molecule has 2 aliphatic heterocycles. The summed E-state index contributed by atoms with van der Waals surface area (Å²) in [5.41, 5.74) is -0.488. The van der Waals surface area contributed by atoms with Gasteiger partial charge in [0.15, 0.2) is 0 Å². The molecule has 222 valence electrons. The van der Waals surface area contributed by atoms with Crippen LogP contribution in [0.1, 0.15) is 43.6 Å². The van der Waals surface area contributed by atoms with Gasteiger partial charge in [-0.3, -0.25) is 14.5 Å². The molecule has 1 aromatic heterocycles. The number of carbonyl (C=O) groups excluding carboxylic acids is 2. The molecule has 0 radical (unpaired) electrons. The standard InChI is InChI=1S/C29H33F3N8O2/c1-17(2)39-12-14-40(15-13-39)19-10-8-18(9-11-19)34-27-33-16-20(29(30,31)32)24(37-27)35-21-6-5-7-22-23(21)25(41)38-28(3,4)26(42)36-22/h5-11,16-17H,12-15H2,1-4H3,(H,36,42)(H,38,41)(H2,33,34,35,37). The molecular formula is C29H33F3N8O2. The van der Waals surface area contributed by atoms with Crippen molar-refractivity contribution in [3.63, 3.8) is 0 Å². The van der Waals surface area contributed by atoms with E-state index < -0.39 is 34.9 Å². The number of alkyl halides is 3. The van der Waals surface area contributed by atoms with Gasteiger partial charge in [0.2, 0.25) is 11.9 Å². The summed E-state index contributed by atoms with van der Waals surface area (Å²) in [5, 5.41) is 10.9. The Hall–Kier alpha value is -4.39. The molecule has 0 aliphatic carbocycles. The number of fused-ring (bicyclic) bond motifs is 1. The number of hydrogen-bond acceptors (Lipinski definition) is 8. The summed E-state index contributed by atoms with van der Waals surface area (Å²) in [6.07, 6.45) is -4.08. The lowest BCUT2D eigenvalue weighted by molar-refractivity contribution is -0.137. The minimum absolute atomic E-state index is 0.0116. The van der Waals surface area contributed by atoms with E-state index in [1.807, 2.05) is 24.3 Å². The highest BCUT2D eigenvalue weighted by Crippen LogP contribution is 2.37. The number of anilines is 6. The van der Waals surface area contributed by atoms with Crippen LogP contribution in [0, 0.1) is 0 Å². The van der Waals surface area contributed by atoms with Crippen molar-refractivity contribution in [2.24, 2.45) is 0 Å². The highest BCUT2D eigenvalue weighted by atomic mass is 19.4. The van der Waals surface area contributed by atoms with Crippen LogP contribution in [0.5, 0.6) is 0 Å². The van der Waals surface area contributed by atoms with E-state index in [2.05, 4.69) is 54.9 Å². The minimum atomic E-state index is -4.77. The second-order valence-electron chi connectivity index (χ2n) is 11.1. The van der Waals surface area contributed by atoms with Crippen molar-refractivity contribution in [3.05, 3.63) is 59.8 Å². The second kappa shape index (κ2) is 11.1. The van der Waals surface area contributed by atoms with Crippen LogP contribution in [0.3, 0.4) is 0 Å². The summed E-state index contributed by atoms with van der Waals surface area (Å²) in [5.74, 6) is -1.69. The third-order valence-electron chi connectivity index (χ3n) is 7.41. The summed E-state index contributed by atoms with van der Waals surface area (Å²) in [4.78, 5) is 38.3. The maximum absolute atomic E-state index is 13.9. The number of hydrogen-bond donors (Lipinski definition) is 4. The van der Waals surface area contributed by atoms with E-state index in [0.717, 1.165) is 31.9 Å². The Bertz CT molecular complexity index is 1480. The monoisotopic (exact) mass is 582 g/mol. The van der Waals surface area contributed by atoms with E-state index in [0.29, 0.717) is 17.9 Å². The van der Waals surface area contributed by atoms with Crippen LogP contribution in [-0.2, 0) is 11.0 Å². The fourth-order valence-corrected chi connectivity index (χ4v) is 4.94. The molecule has 5 rings (SSSR count). The molecule has 10 nitrogen and oxygen atoms in total. The third-order valence-corrected chi connectivity index (χ3v) is 7.41. The predicted molar refractivity (Wildman–Crippen MR) is 156 cm³/mol. The zero-order valence-corrected chi connectivity index (χ0v) is 23.8. The van der Waals surface area contributed by atoms with Gasteiger partial charge >= 0.3 is 6.18 Å². The zero-order valence-electron chi connectivity index (χ0n) is 23.8. The first-order chi connectivity index (χ1) is 19.8. The van der Waals surface area contributed by atoms with E-state index in [1.165, 1.54) is 32.0 Å². The maximum atomic E-state index is 13.9. The molecule has 2 aliphatic rings. The van der Waals surface area contributed by atoms with Crippen molar-refractivity contribution in [1.82, 2.24) is 20.2 Å². The highest BCUT2D eigenvalue weighted by Gasteiger charge is 2.38. The lowest BCUT2D eigenvalue weighted by atomic mass is 10.1. The molecule has 0 saturated carbocycles. The number of aromatic nitrogens is 2. The summed E-state index contributed by atoms with van der Waals surface area (Å²) in [6, 6.07) is 12.5. The predicted octanol–water partition coefficient (Wildman–Crippen LogP) is 4.97. The van der Waals surface area contributed by atoms with Gasteiger partial charge in [-0.1, -0.05) is 6.07 Å². The smallest absolute Gasteiger partial charge is 0.369 e. The van der Waals surface area contributed by atoms with Crippen LogP contribution in [0.2, 0.25) is 0 Å². The molecule has 3 aromatic rings. The van der Waals surface area contributed by atoms with E-state index >= 15 is 0 Å². The molecular weight excluding hydrogens is 549 g/mol. The number of rotatable bonds is 6. The van der Waals surface area contributed by atoms with Crippen LogP contribution in [-0.4, -0.2) is 64.4 Å². The minimum Gasteiger partial charge on any atom is -0.369 e. The third kappa shape index (κ3) is 6.10. The Balaban J connectivity index is 1.39. The largest absolute Gasteiger partial charge is 0.421 e. The Labute approximate surface area is 241 Å². The first-order valence-corrected chi connectivity index (χ1v) is 13.7. The summed E-state index contributed by atoms with van der Waals surface area (Å²) in [7, 11) is 0. The summed E-state index contributed by atoms with van der Waals surface area (Å²) in [6.45, 7) is 11.2. The van der Waals surface area contributed by atoms with Crippen molar-refractivity contribution in [2.45, 2.75) is 45.5 Å². The van der Waals surface area contributed by atoms with Crippen molar-refractivity contribution in [3.8, 4) is 0 Å². The Morgan fingerprint density at radius 1 is 0.976 bits per heavy atom. The van der Waals surface area contributed by atoms with Crippen LogP contribution in [0.25, 0.3) is 0 Å². The molecule has 2 amide bonds. The Kier molecular flexibility index (Phi) is 7.71. The second-order valence-corrected chi connectivity index (χ2v) is 11.1. The van der Waals surface area contributed by atoms with Crippen LogP contribution < -0.4 is 26.2 Å². The molecule has 3 heterocycles. The van der Waals surface area contributed by atoms with Gasteiger partial charge in [-0.25, -0.2) is 4.98 Å². The molecule has 4 N–H and O–H groups in total. The summed E-state index contributed by atoms with van der Waals surface area (Å²) < 4.78 is 41.8. The van der Waals surface area contributed by atoms with Crippen molar-refractivity contribution >= 4 is 46.3 Å². The molecule has 2 aromatic carbocycles. The fourth-order valence-electron chi connectivity index (χ4n) is 4.94. The van der Waals surface area contributed by atoms with Gasteiger partial charge in [-0.15, -0.1) is 0 Å². The van der Waals surface area contributed by atoms with E-state index in [1.54, 1.807) is 0 Å². The number of piperazine rings is 1.